The minimum absolute atomic E-state index is 0. The second kappa shape index (κ2) is 5.61. The largest absolute Gasteiger partial charge is 0.390 e. The molecule has 0 saturated carbocycles. The Balaban J connectivity index is 0.00000256. The molecule has 1 aromatic carbocycles. The Labute approximate surface area is 99.6 Å². The molecule has 3 N–H and O–H groups in total. The molecule has 0 heterocycles. The Hall–Kier alpha value is -0.920. The summed E-state index contributed by atoms with van der Waals surface area (Å²) in [6.07, 6.45) is 0. The fraction of sp³-hybridized carbons (Fsp3) is 0.333. The number of aliphatic hydroxyl groups is 1. The molecule has 0 aromatic heterocycles. The van der Waals surface area contributed by atoms with Crippen LogP contribution in [0.2, 0.25) is 0 Å². The highest BCUT2D eigenvalue weighted by Crippen LogP contribution is 2.31. The maximum Gasteiger partial charge on any atom is 0.289 e. The van der Waals surface area contributed by atoms with E-state index in [0.29, 0.717) is 12.1 Å². The zero-order valence-electron chi connectivity index (χ0n) is 8.26. The van der Waals surface area contributed by atoms with Gasteiger partial charge in [0.1, 0.15) is 6.61 Å². The van der Waals surface area contributed by atoms with Gasteiger partial charge in [0.15, 0.2) is 17.5 Å². The van der Waals surface area contributed by atoms with E-state index < -0.39 is 41.6 Å². The predicted octanol–water partition coefficient (Wildman–Crippen LogP) is 2.15. The van der Waals surface area contributed by atoms with Crippen LogP contribution in [0.1, 0.15) is 11.6 Å². The van der Waals surface area contributed by atoms with Crippen LogP contribution in [0.15, 0.2) is 12.1 Å². The SMILES string of the molecule is Cl.N[C@H](c1ccc(F)c(F)c1F)C(F)(F)CO. The summed E-state index contributed by atoms with van der Waals surface area (Å²) < 4.78 is 64.1. The van der Waals surface area contributed by atoms with Gasteiger partial charge in [0.2, 0.25) is 0 Å². The lowest BCUT2D eigenvalue weighted by atomic mass is 10.0. The number of alkyl halides is 2. The Morgan fingerprint density at radius 3 is 2.18 bits per heavy atom. The quantitative estimate of drug-likeness (QED) is 0.657. The van der Waals surface area contributed by atoms with Crippen LogP contribution < -0.4 is 5.73 Å². The number of benzene rings is 1. The lowest BCUT2D eigenvalue weighted by molar-refractivity contribution is -0.0720. The van der Waals surface area contributed by atoms with Gasteiger partial charge in [-0.05, 0) is 6.07 Å². The third-order valence-corrected chi connectivity index (χ3v) is 2.07. The Kier molecular flexibility index (Phi) is 5.31. The molecule has 1 atom stereocenters. The molecule has 0 amide bonds. The van der Waals surface area contributed by atoms with Crippen molar-refractivity contribution >= 4 is 12.4 Å². The van der Waals surface area contributed by atoms with Gasteiger partial charge in [-0.3, -0.25) is 0 Å². The maximum atomic E-state index is 13.1. The minimum atomic E-state index is -3.81. The summed E-state index contributed by atoms with van der Waals surface area (Å²) in [5.41, 5.74) is 4.07. The average molecular weight is 278 g/mol. The second-order valence-electron chi connectivity index (χ2n) is 3.16. The lowest BCUT2D eigenvalue weighted by Gasteiger charge is -2.22. The summed E-state index contributed by atoms with van der Waals surface area (Å²) >= 11 is 0. The van der Waals surface area contributed by atoms with Crippen LogP contribution in [-0.2, 0) is 0 Å². The van der Waals surface area contributed by atoms with E-state index in [1.807, 2.05) is 0 Å². The van der Waals surface area contributed by atoms with Crippen LogP contribution in [0.25, 0.3) is 0 Å². The van der Waals surface area contributed by atoms with Crippen LogP contribution in [0.3, 0.4) is 0 Å². The number of rotatable bonds is 3. The van der Waals surface area contributed by atoms with Crippen molar-refractivity contribution in [3.63, 3.8) is 0 Å². The summed E-state index contributed by atoms with van der Waals surface area (Å²) in [4.78, 5) is 0. The molecule has 17 heavy (non-hydrogen) atoms. The minimum Gasteiger partial charge on any atom is -0.390 e. The van der Waals surface area contributed by atoms with Crippen molar-refractivity contribution in [2.45, 2.75) is 12.0 Å². The molecule has 8 heteroatoms. The lowest BCUT2D eigenvalue weighted by Crippen LogP contribution is -2.37. The average Bonchev–Trinajstić information content (AvgIpc) is 2.25. The molecule has 0 bridgehead atoms. The smallest absolute Gasteiger partial charge is 0.289 e. The third-order valence-electron chi connectivity index (χ3n) is 2.07. The Morgan fingerprint density at radius 1 is 1.18 bits per heavy atom. The summed E-state index contributed by atoms with van der Waals surface area (Å²) in [6.45, 7) is -1.62. The molecule has 0 unspecified atom stereocenters. The van der Waals surface area contributed by atoms with Crippen molar-refractivity contribution in [3.8, 4) is 0 Å². The highest BCUT2D eigenvalue weighted by atomic mass is 35.5. The number of hydrogen-bond donors (Lipinski definition) is 2. The number of nitrogens with two attached hydrogens (primary N) is 1. The van der Waals surface area contributed by atoms with Crippen molar-refractivity contribution in [1.82, 2.24) is 0 Å². The van der Waals surface area contributed by atoms with Gasteiger partial charge in [-0.25, -0.2) is 22.0 Å². The molecule has 1 rings (SSSR count). The molecular weight excluding hydrogens is 269 g/mol. The van der Waals surface area contributed by atoms with Gasteiger partial charge in [0, 0.05) is 5.56 Å². The van der Waals surface area contributed by atoms with Gasteiger partial charge in [-0.15, -0.1) is 12.4 Å². The fourth-order valence-electron chi connectivity index (χ4n) is 1.11. The highest BCUT2D eigenvalue weighted by Gasteiger charge is 2.39. The second-order valence-corrected chi connectivity index (χ2v) is 3.16. The molecule has 0 saturated heterocycles. The van der Waals surface area contributed by atoms with Crippen molar-refractivity contribution in [1.29, 1.82) is 0 Å². The molecule has 1 aromatic rings. The fourth-order valence-corrected chi connectivity index (χ4v) is 1.11. The van der Waals surface area contributed by atoms with Crippen LogP contribution >= 0.6 is 12.4 Å². The van der Waals surface area contributed by atoms with Gasteiger partial charge < -0.3 is 10.8 Å². The van der Waals surface area contributed by atoms with E-state index in [-0.39, 0.29) is 12.4 Å². The normalized spacial score (nSPS) is 13.1. The van der Waals surface area contributed by atoms with Crippen molar-refractivity contribution in [2.75, 3.05) is 6.61 Å². The monoisotopic (exact) mass is 277 g/mol. The van der Waals surface area contributed by atoms with Crippen LogP contribution in [0, 0.1) is 17.5 Å². The van der Waals surface area contributed by atoms with E-state index >= 15 is 0 Å². The Morgan fingerprint density at radius 2 is 1.71 bits per heavy atom. The number of halogens is 6. The van der Waals surface area contributed by atoms with E-state index in [9.17, 15) is 22.0 Å². The standard InChI is InChI=1S/C9H8F5NO.ClH/c10-5-2-1-4(6(11)7(5)12)8(15)9(13,14)3-16;/h1-2,8,16H,3,15H2;1H/t8-;/m1./s1. The van der Waals surface area contributed by atoms with Gasteiger partial charge in [0.05, 0.1) is 6.04 Å². The van der Waals surface area contributed by atoms with Crippen molar-refractivity contribution < 1.29 is 27.1 Å². The first kappa shape index (κ1) is 16.1. The topological polar surface area (TPSA) is 46.2 Å². The molecule has 0 radical (unpaired) electrons. The highest BCUT2D eigenvalue weighted by molar-refractivity contribution is 5.85. The predicted molar refractivity (Wildman–Crippen MR) is 52.5 cm³/mol. The molecule has 0 aliphatic rings. The first-order valence-corrected chi connectivity index (χ1v) is 4.19. The molecular formula is C9H9ClF5NO. The summed E-state index contributed by atoms with van der Waals surface area (Å²) in [5.74, 6) is -8.96. The number of aliphatic hydroxyl groups excluding tert-OH is 1. The van der Waals surface area contributed by atoms with E-state index in [0.717, 1.165) is 0 Å². The van der Waals surface area contributed by atoms with Gasteiger partial charge in [0.25, 0.3) is 5.92 Å². The molecule has 0 aliphatic carbocycles. The summed E-state index contributed by atoms with van der Waals surface area (Å²) in [5, 5.41) is 8.32. The van der Waals surface area contributed by atoms with Crippen molar-refractivity contribution in [3.05, 3.63) is 35.1 Å². The number of hydrogen-bond acceptors (Lipinski definition) is 2. The van der Waals surface area contributed by atoms with Crippen LogP contribution in [-0.4, -0.2) is 17.6 Å². The van der Waals surface area contributed by atoms with Gasteiger partial charge in [-0.1, -0.05) is 6.07 Å². The van der Waals surface area contributed by atoms with Gasteiger partial charge >= 0.3 is 0 Å². The van der Waals surface area contributed by atoms with Gasteiger partial charge in [-0.2, -0.15) is 0 Å². The van der Waals surface area contributed by atoms with Crippen LogP contribution in [0.4, 0.5) is 22.0 Å². The molecule has 98 valence electrons. The maximum absolute atomic E-state index is 13.1. The Bertz CT molecular complexity index is 401. The van der Waals surface area contributed by atoms with E-state index in [2.05, 4.69) is 0 Å². The van der Waals surface area contributed by atoms with Crippen LogP contribution in [0.5, 0.6) is 0 Å². The molecule has 0 aliphatic heterocycles. The zero-order chi connectivity index (χ0) is 12.5. The molecule has 0 fully saturated rings. The van der Waals surface area contributed by atoms with E-state index in [1.165, 1.54) is 0 Å². The van der Waals surface area contributed by atoms with E-state index in [1.54, 1.807) is 0 Å². The summed E-state index contributed by atoms with van der Waals surface area (Å²) in [6, 6.07) is -1.14. The third kappa shape index (κ3) is 3.05. The molecule has 2 nitrogen and oxygen atoms in total. The first-order chi connectivity index (χ1) is 7.31. The van der Waals surface area contributed by atoms with E-state index in [4.69, 9.17) is 10.8 Å². The zero-order valence-corrected chi connectivity index (χ0v) is 9.08. The molecule has 0 spiro atoms. The first-order valence-electron chi connectivity index (χ1n) is 4.19. The summed E-state index contributed by atoms with van der Waals surface area (Å²) in [7, 11) is 0. The van der Waals surface area contributed by atoms with Crippen molar-refractivity contribution in [2.24, 2.45) is 5.73 Å².